The lowest BCUT2D eigenvalue weighted by atomic mass is 10.0. The maximum Gasteiger partial charge on any atom is 0.227 e. The van der Waals surface area contributed by atoms with Gasteiger partial charge in [-0.1, -0.05) is 17.3 Å². The fourth-order valence-electron chi connectivity index (χ4n) is 1.79. The minimum absolute atomic E-state index is 0.233. The van der Waals surface area contributed by atoms with E-state index in [1.165, 1.54) is 0 Å². The summed E-state index contributed by atoms with van der Waals surface area (Å²) in [5.74, 6) is 2.00. The van der Waals surface area contributed by atoms with E-state index in [4.69, 9.17) is 15.0 Å². The molecule has 5 nitrogen and oxygen atoms in total. The first-order chi connectivity index (χ1) is 9.48. The second-order valence-corrected chi connectivity index (χ2v) is 5.46. The van der Waals surface area contributed by atoms with Gasteiger partial charge in [0.15, 0.2) is 0 Å². The average Bonchev–Trinajstić information content (AvgIpc) is 2.85. The molecule has 0 spiro atoms. The fraction of sp³-hybridized carbons (Fsp3) is 0.467. The van der Waals surface area contributed by atoms with E-state index in [1.807, 2.05) is 45.0 Å². The largest absolute Gasteiger partial charge is 0.494 e. The quantitative estimate of drug-likeness (QED) is 0.877. The highest BCUT2D eigenvalue weighted by atomic mass is 16.5. The molecule has 0 aliphatic rings. The van der Waals surface area contributed by atoms with Crippen molar-refractivity contribution < 1.29 is 9.26 Å². The van der Waals surface area contributed by atoms with Crippen LogP contribution in [0.2, 0.25) is 0 Å². The summed E-state index contributed by atoms with van der Waals surface area (Å²) >= 11 is 0. The molecule has 0 amide bonds. The maximum absolute atomic E-state index is 5.95. The number of aryl methyl sites for hydroxylation is 1. The van der Waals surface area contributed by atoms with E-state index in [0.717, 1.165) is 17.7 Å². The van der Waals surface area contributed by atoms with Crippen LogP contribution in [0.4, 0.5) is 0 Å². The van der Waals surface area contributed by atoms with Gasteiger partial charge in [0.1, 0.15) is 5.75 Å². The molecule has 1 aromatic heterocycles. The molecule has 108 valence electrons. The Morgan fingerprint density at radius 3 is 2.85 bits per heavy atom. The Kier molecular flexibility index (Phi) is 4.39. The summed E-state index contributed by atoms with van der Waals surface area (Å²) < 4.78 is 10.7. The molecule has 0 aliphatic carbocycles. The molecular weight excluding hydrogens is 254 g/mol. The first-order valence-corrected chi connectivity index (χ1v) is 6.82. The number of nitrogens with zero attached hydrogens (tertiary/aromatic N) is 2. The van der Waals surface area contributed by atoms with Gasteiger partial charge in [-0.25, -0.2) is 0 Å². The molecule has 0 bridgehead atoms. The molecule has 0 unspecified atom stereocenters. The van der Waals surface area contributed by atoms with Crippen molar-refractivity contribution in [3.05, 3.63) is 30.2 Å². The zero-order chi connectivity index (χ0) is 14.6. The lowest BCUT2D eigenvalue weighted by molar-refractivity contribution is 0.340. The van der Waals surface area contributed by atoms with Crippen LogP contribution in [0.1, 0.15) is 33.1 Å². The van der Waals surface area contributed by atoms with Gasteiger partial charge in [0, 0.05) is 17.5 Å². The van der Waals surface area contributed by atoms with Crippen LogP contribution in [0.15, 0.2) is 28.8 Å². The Labute approximate surface area is 119 Å². The third-order valence-corrected chi connectivity index (χ3v) is 2.85. The summed E-state index contributed by atoms with van der Waals surface area (Å²) in [6.45, 7) is 6.55. The van der Waals surface area contributed by atoms with Gasteiger partial charge in [-0.05, 0) is 39.3 Å². The summed E-state index contributed by atoms with van der Waals surface area (Å²) in [4.78, 5) is 4.40. The van der Waals surface area contributed by atoms with Crippen LogP contribution in [0.3, 0.4) is 0 Å². The zero-order valence-electron chi connectivity index (χ0n) is 12.2. The maximum atomic E-state index is 5.95. The van der Waals surface area contributed by atoms with Crippen LogP contribution in [-0.2, 0) is 6.42 Å². The average molecular weight is 275 g/mol. The molecule has 0 aliphatic heterocycles. The van der Waals surface area contributed by atoms with Gasteiger partial charge in [0.25, 0.3) is 0 Å². The number of hydrogen-bond donors (Lipinski definition) is 1. The van der Waals surface area contributed by atoms with Crippen LogP contribution >= 0.6 is 0 Å². The highest BCUT2D eigenvalue weighted by Gasteiger charge is 2.14. The van der Waals surface area contributed by atoms with Crippen molar-refractivity contribution in [2.24, 2.45) is 5.73 Å². The Morgan fingerprint density at radius 2 is 2.15 bits per heavy atom. The lowest BCUT2D eigenvalue weighted by Crippen LogP contribution is -2.32. The second-order valence-electron chi connectivity index (χ2n) is 5.46. The minimum atomic E-state index is -0.233. The monoisotopic (exact) mass is 275 g/mol. The van der Waals surface area contributed by atoms with E-state index < -0.39 is 0 Å². The zero-order valence-corrected chi connectivity index (χ0v) is 12.2. The third-order valence-electron chi connectivity index (χ3n) is 2.85. The van der Waals surface area contributed by atoms with Gasteiger partial charge in [-0.3, -0.25) is 0 Å². The molecule has 0 radical (unpaired) electrons. The van der Waals surface area contributed by atoms with Crippen molar-refractivity contribution in [3.8, 4) is 17.1 Å². The third kappa shape index (κ3) is 4.06. The molecule has 1 heterocycles. The van der Waals surface area contributed by atoms with Crippen LogP contribution in [-0.4, -0.2) is 22.3 Å². The first-order valence-electron chi connectivity index (χ1n) is 6.82. The van der Waals surface area contributed by atoms with Crippen LogP contribution < -0.4 is 10.5 Å². The van der Waals surface area contributed by atoms with Crippen LogP contribution in [0.25, 0.3) is 11.4 Å². The van der Waals surface area contributed by atoms with E-state index in [-0.39, 0.29) is 5.54 Å². The molecule has 0 fully saturated rings. The van der Waals surface area contributed by atoms with E-state index >= 15 is 0 Å². The molecule has 2 N–H and O–H groups in total. The number of rotatable bonds is 6. The van der Waals surface area contributed by atoms with Crippen molar-refractivity contribution in [2.45, 2.75) is 39.2 Å². The Morgan fingerprint density at radius 1 is 1.35 bits per heavy atom. The van der Waals surface area contributed by atoms with Crippen molar-refractivity contribution in [1.82, 2.24) is 10.1 Å². The summed E-state index contributed by atoms with van der Waals surface area (Å²) in [6, 6.07) is 7.67. The van der Waals surface area contributed by atoms with Crippen molar-refractivity contribution in [3.63, 3.8) is 0 Å². The molecule has 20 heavy (non-hydrogen) atoms. The smallest absolute Gasteiger partial charge is 0.227 e. The van der Waals surface area contributed by atoms with Gasteiger partial charge in [0.2, 0.25) is 11.7 Å². The topological polar surface area (TPSA) is 74.2 Å². The normalized spacial score (nSPS) is 11.6. The Hall–Kier alpha value is -1.88. The summed E-state index contributed by atoms with van der Waals surface area (Å²) in [6.07, 6.45) is 1.48. The van der Waals surface area contributed by atoms with Crippen LogP contribution in [0, 0.1) is 0 Å². The van der Waals surface area contributed by atoms with E-state index in [1.54, 1.807) is 0 Å². The van der Waals surface area contributed by atoms with Gasteiger partial charge < -0.3 is 15.0 Å². The predicted molar refractivity (Wildman–Crippen MR) is 77.5 cm³/mol. The Bertz CT molecular complexity index is 558. The van der Waals surface area contributed by atoms with Gasteiger partial charge >= 0.3 is 0 Å². The number of aromatic nitrogens is 2. The molecule has 0 saturated heterocycles. The highest BCUT2D eigenvalue weighted by molar-refractivity contribution is 5.56. The predicted octanol–water partition coefficient (Wildman–Crippen LogP) is 2.81. The number of nitrogens with two attached hydrogens (primary N) is 1. The van der Waals surface area contributed by atoms with Gasteiger partial charge in [-0.15, -0.1) is 0 Å². The Balaban J connectivity index is 2.10. The molecular formula is C15H21N3O2. The highest BCUT2D eigenvalue weighted by Crippen LogP contribution is 2.22. The summed E-state index contributed by atoms with van der Waals surface area (Å²) in [7, 11) is 0. The standard InChI is InChI=1S/C15H21N3O2/c1-4-19-12-7-5-6-11(10-12)14-17-13(20-18-14)8-9-15(2,3)16/h5-7,10H,4,8-9,16H2,1-3H3. The van der Waals surface area contributed by atoms with Crippen LogP contribution in [0.5, 0.6) is 5.75 Å². The molecule has 0 saturated carbocycles. The molecule has 0 atom stereocenters. The van der Waals surface area contributed by atoms with E-state index in [0.29, 0.717) is 24.7 Å². The fourth-order valence-corrected chi connectivity index (χ4v) is 1.79. The summed E-state index contributed by atoms with van der Waals surface area (Å²) in [5, 5.41) is 4.01. The number of hydrogen-bond acceptors (Lipinski definition) is 5. The van der Waals surface area contributed by atoms with Crippen molar-refractivity contribution in [1.29, 1.82) is 0 Å². The molecule has 5 heteroatoms. The molecule has 2 rings (SSSR count). The van der Waals surface area contributed by atoms with E-state index in [2.05, 4.69) is 10.1 Å². The molecule has 1 aromatic carbocycles. The first kappa shape index (κ1) is 14.5. The minimum Gasteiger partial charge on any atom is -0.494 e. The SMILES string of the molecule is CCOc1cccc(-c2noc(CCC(C)(C)N)n2)c1. The second kappa shape index (κ2) is 6.05. The number of benzene rings is 1. The van der Waals surface area contributed by atoms with Gasteiger partial charge in [-0.2, -0.15) is 4.98 Å². The van der Waals surface area contributed by atoms with E-state index in [9.17, 15) is 0 Å². The number of ether oxygens (including phenoxy) is 1. The molecule has 2 aromatic rings. The van der Waals surface area contributed by atoms with Crippen molar-refractivity contribution in [2.75, 3.05) is 6.61 Å². The van der Waals surface area contributed by atoms with Crippen molar-refractivity contribution >= 4 is 0 Å². The summed E-state index contributed by atoms with van der Waals surface area (Å²) in [5.41, 5.74) is 6.60. The van der Waals surface area contributed by atoms with Gasteiger partial charge in [0.05, 0.1) is 6.61 Å². The lowest BCUT2D eigenvalue weighted by Gasteiger charge is -2.16.